The summed E-state index contributed by atoms with van der Waals surface area (Å²) in [5.41, 5.74) is 0.885. The second kappa shape index (κ2) is 7.59. The van der Waals surface area contributed by atoms with E-state index in [9.17, 15) is 9.59 Å². The van der Waals surface area contributed by atoms with Crippen LogP contribution in [0.4, 0.5) is 0 Å². The van der Waals surface area contributed by atoms with Gasteiger partial charge >= 0.3 is 5.97 Å². The summed E-state index contributed by atoms with van der Waals surface area (Å²) in [4.78, 5) is 23.2. The van der Waals surface area contributed by atoms with Gasteiger partial charge in [0.2, 0.25) is 5.91 Å². The van der Waals surface area contributed by atoms with Crippen molar-refractivity contribution in [2.75, 3.05) is 0 Å². The minimum atomic E-state index is -0.972. The number of carbonyl (C=O) groups is 2. The number of carbonyl (C=O) groups excluding carboxylic acids is 1. The smallest absolute Gasteiger partial charge is 0.326 e. The van der Waals surface area contributed by atoms with Gasteiger partial charge in [-0.2, -0.15) is 0 Å². The van der Waals surface area contributed by atoms with Gasteiger partial charge in [-0.1, -0.05) is 62.2 Å². The van der Waals surface area contributed by atoms with Crippen LogP contribution in [-0.4, -0.2) is 23.0 Å². The maximum Gasteiger partial charge on any atom is 0.326 e. The van der Waals surface area contributed by atoms with E-state index in [0.29, 0.717) is 6.42 Å². The molecule has 1 atom stereocenters. The number of unbranched alkanes of at least 4 members (excludes halogenated alkanes) is 1. The number of carboxylic acids is 1. The zero-order chi connectivity index (χ0) is 15.9. The fourth-order valence-corrected chi connectivity index (χ4v) is 2.45. The van der Waals surface area contributed by atoms with Crippen LogP contribution in [0.25, 0.3) is 10.8 Å². The van der Waals surface area contributed by atoms with Crippen molar-refractivity contribution in [3.05, 3.63) is 48.0 Å². The van der Waals surface area contributed by atoms with Crippen LogP contribution in [0.15, 0.2) is 42.5 Å². The molecule has 4 heteroatoms. The normalized spacial score (nSPS) is 12.0. The summed E-state index contributed by atoms with van der Waals surface area (Å²) in [6.45, 7) is 2.00. The van der Waals surface area contributed by atoms with E-state index >= 15 is 0 Å². The molecule has 0 aliphatic heterocycles. The number of hydrogen-bond donors (Lipinski definition) is 2. The predicted octanol–water partition coefficient (Wildman–Crippen LogP) is 3.14. The van der Waals surface area contributed by atoms with Crippen molar-refractivity contribution in [3.8, 4) is 0 Å². The molecule has 0 aromatic heterocycles. The summed E-state index contributed by atoms with van der Waals surface area (Å²) in [6.07, 6.45) is 2.35. The van der Waals surface area contributed by atoms with Gasteiger partial charge in [0.05, 0.1) is 6.42 Å². The SMILES string of the molecule is CCCC[C@H](NC(=O)Cc1ccc2ccccc2c1)C(=O)O. The maximum atomic E-state index is 12.1. The molecular weight excluding hydrogens is 278 g/mol. The van der Waals surface area contributed by atoms with Crippen LogP contribution < -0.4 is 5.32 Å². The van der Waals surface area contributed by atoms with Crippen LogP contribution >= 0.6 is 0 Å². The molecule has 2 aromatic carbocycles. The summed E-state index contributed by atoms with van der Waals surface area (Å²) < 4.78 is 0. The number of fused-ring (bicyclic) bond motifs is 1. The van der Waals surface area contributed by atoms with Crippen molar-refractivity contribution in [2.24, 2.45) is 0 Å². The highest BCUT2D eigenvalue weighted by molar-refractivity contribution is 5.87. The Morgan fingerprint density at radius 1 is 1.14 bits per heavy atom. The van der Waals surface area contributed by atoms with Crippen LogP contribution in [0.1, 0.15) is 31.7 Å². The summed E-state index contributed by atoms with van der Waals surface area (Å²) in [5, 5.41) is 14.0. The molecule has 2 rings (SSSR count). The first-order valence-corrected chi connectivity index (χ1v) is 7.60. The molecule has 2 N–H and O–H groups in total. The molecule has 0 unspecified atom stereocenters. The molecule has 0 spiro atoms. The lowest BCUT2D eigenvalue weighted by molar-refractivity contribution is -0.142. The van der Waals surface area contributed by atoms with E-state index in [2.05, 4.69) is 5.32 Å². The Balaban J connectivity index is 2.01. The number of benzene rings is 2. The van der Waals surface area contributed by atoms with E-state index in [1.807, 2.05) is 49.4 Å². The summed E-state index contributed by atoms with van der Waals surface area (Å²) >= 11 is 0. The molecule has 4 nitrogen and oxygen atoms in total. The average Bonchev–Trinajstić information content (AvgIpc) is 2.51. The second-order valence-corrected chi connectivity index (χ2v) is 5.46. The van der Waals surface area contributed by atoms with Gasteiger partial charge < -0.3 is 10.4 Å². The second-order valence-electron chi connectivity index (χ2n) is 5.46. The molecule has 0 heterocycles. The fraction of sp³-hybridized carbons (Fsp3) is 0.333. The highest BCUT2D eigenvalue weighted by atomic mass is 16.4. The molecule has 0 saturated carbocycles. The average molecular weight is 299 g/mol. The monoisotopic (exact) mass is 299 g/mol. The zero-order valence-electron chi connectivity index (χ0n) is 12.7. The van der Waals surface area contributed by atoms with Crippen molar-refractivity contribution >= 4 is 22.6 Å². The Kier molecular flexibility index (Phi) is 5.53. The first-order chi connectivity index (χ1) is 10.6. The Morgan fingerprint density at radius 3 is 2.55 bits per heavy atom. The van der Waals surface area contributed by atoms with E-state index in [0.717, 1.165) is 29.2 Å². The number of amides is 1. The van der Waals surface area contributed by atoms with E-state index in [1.54, 1.807) is 0 Å². The third-order valence-corrected chi connectivity index (χ3v) is 3.66. The topological polar surface area (TPSA) is 66.4 Å². The fourth-order valence-electron chi connectivity index (χ4n) is 2.45. The number of hydrogen-bond acceptors (Lipinski definition) is 2. The summed E-state index contributed by atoms with van der Waals surface area (Å²) in [7, 11) is 0. The zero-order valence-corrected chi connectivity index (χ0v) is 12.7. The highest BCUT2D eigenvalue weighted by Gasteiger charge is 2.19. The largest absolute Gasteiger partial charge is 0.480 e. The molecule has 0 aliphatic rings. The van der Waals surface area contributed by atoms with Gasteiger partial charge in [-0.3, -0.25) is 4.79 Å². The van der Waals surface area contributed by atoms with Gasteiger partial charge in [-0.15, -0.1) is 0 Å². The first-order valence-electron chi connectivity index (χ1n) is 7.60. The Morgan fingerprint density at radius 2 is 1.86 bits per heavy atom. The number of aliphatic carboxylic acids is 1. The summed E-state index contributed by atoms with van der Waals surface area (Å²) in [5.74, 6) is -1.22. The van der Waals surface area contributed by atoms with Gasteiger partial charge in [0.25, 0.3) is 0 Å². The van der Waals surface area contributed by atoms with Gasteiger partial charge in [0.1, 0.15) is 6.04 Å². The predicted molar refractivity (Wildman–Crippen MR) is 86.7 cm³/mol. The number of rotatable bonds is 7. The standard InChI is InChI=1S/C18H21NO3/c1-2-3-8-16(18(21)22)19-17(20)12-13-9-10-14-6-4-5-7-15(14)11-13/h4-7,9-11,16H,2-3,8,12H2,1H3,(H,19,20)(H,21,22)/t16-/m0/s1. The lowest BCUT2D eigenvalue weighted by atomic mass is 10.0. The molecule has 2 aromatic rings. The van der Waals surface area contributed by atoms with E-state index in [4.69, 9.17) is 5.11 Å². The van der Waals surface area contributed by atoms with Crippen LogP contribution in [0.2, 0.25) is 0 Å². The Bertz CT molecular complexity index is 666. The molecule has 22 heavy (non-hydrogen) atoms. The minimum absolute atomic E-state index is 0.195. The molecule has 0 aliphatic carbocycles. The first kappa shape index (κ1) is 16.0. The molecule has 1 amide bonds. The molecule has 0 bridgehead atoms. The van der Waals surface area contributed by atoms with Crippen molar-refractivity contribution in [3.63, 3.8) is 0 Å². The summed E-state index contributed by atoms with van der Waals surface area (Å²) in [6, 6.07) is 13.0. The lowest BCUT2D eigenvalue weighted by Gasteiger charge is -2.14. The van der Waals surface area contributed by atoms with Crippen LogP contribution in [0.5, 0.6) is 0 Å². The minimum Gasteiger partial charge on any atom is -0.480 e. The van der Waals surface area contributed by atoms with Crippen LogP contribution in [0.3, 0.4) is 0 Å². The molecule has 0 radical (unpaired) electrons. The molecule has 0 saturated heterocycles. The van der Waals surface area contributed by atoms with E-state index in [1.165, 1.54) is 0 Å². The van der Waals surface area contributed by atoms with Gasteiger partial charge in [-0.25, -0.2) is 4.79 Å². The maximum absolute atomic E-state index is 12.1. The van der Waals surface area contributed by atoms with E-state index in [-0.39, 0.29) is 12.3 Å². The number of carboxylic acid groups (broad SMARTS) is 1. The van der Waals surface area contributed by atoms with Crippen molar-refractivity contribution in [2.45, 2.75) is 38.6 Å². The van der Waals surface area contributed by atoms with Crippen molar-refractivity contribution in [1.29, 1.82) is 0 Å². The quantitative estimate of drug-likeness (QED) is 0.825. The Hall–Kier alpha value is -2.36. The van der Waals surface area contributed by atoms with Crippen molar-refractivity contribution < 1.29 is 14.7 Å². The van der Waals surface area contributed by atoms with Gasteiger partial charge in [0, 0.05) is 0 Å². The third-order valence-electron chi connectivity index (χ3n) is 3.66. The molecule has 0 fully saturated rings. The highest BCUT2D eigenvalue weighted by Crippen LogP contribution is 2.16. The lowest BCUT2D eigenvalue weighted by Crippen LogP contribution is -2.41. The Labute approximate surface area is 130 Å². The third kappa shape index (κ3) is 4.32. The molecular formula is C18H21NO3. The van der Waals surface area contributed by atoms with Crippen LogP contribution in [0, 0.1) is 0 Å². The van der Waals surface area contributed by atoms with E-state index < -0.39 is 12.0 Å². The number of nitrogens with one attached hydrogen (secondary N) is 1. The van der Waals surface area contributed by atoms with Gasteiger partial charge in [-0.05, 0) is 22.8 Å². The van der Waals surface area contributed by atoms with Gasteiger partial charge in [0.15, 0.2) is 0 Å². The van der Waals surface area contributed by atoms with Crippen molar-refractivity contribution in [1.82, 2.24) is 5.32 Å². The van der Waals surface area contributed by atoms with Crippen LogP contribution in [-0.2, 0) is 16.0 Å². The molecule has 116 valence electrons.